The van der Waals surface area contributed by atoms with Gasteiger partial charge in [0.2, 0.25) is 11.5 Å². The van der Waals surface area contributed by atoms with Crippen LogP contribution in [0.1, 0.15) is 50.8 Å². The highest BCUT2D eigenvalue weighted by atomic mass is 16.7. The average Bonchev–Trinajstić information content (AvgIpc) is 3.21. The summed E-state index contributed by atoms with van der Waals surface area (Å²) in [6, 6.07) is 33.1. The summed E-state index contributed by atoms with van der Waals surface area (Å²) in [4.78, 5) is 0. The SMILES string of the molecule is CC1(C)OC2=C(O1)[N+]1=C(c3ccccc3-c3ccccc32)n2c3ccccc3c3cccc(c32)C2(C)CC12C. The molecule has 1 aromatic heterocycles. The van der Waals surface area contributed by atoms with Gasteiger partial charge in [0.25, 0.3) is 5.84 Å². The van der Waals surface area contributed by atoms with Crippen molar-refractivity contribution in [1.29, 1.82) is 0 Å². The highest BCUT2D eigenvalue weighted by Crippen LogP contribution is 2.64. The van der Waals surface area contributed by atoms with Crippen molar-refractivity contribution in [1.82, 2.24) is 4.57 Å². The molecule has 4 aromatic carbocycles. The lowest BCUT2D eigenvalue weighted by atomic mass is 9.90. The van der Waals surface area contributed by atoms with Crippen LogP contribution in [0, 0.1) is 0 Å². The quantitative estimate of drug-likeness (QED) is 0.201. The standard InChI is InChI=1S/C35H29N2O2/c1-33(2)38-30-25-15-7-5-12-21(25)22-13-6-8-16-26(22)31-36-28-19-10-9-14-23(28)24-17-11-18-27(29(24)36)34(3)20-35(34,4)37(31)32(30)39-33/h5-19H,20H2,1-4H3/q+1. The van der Waals surface area contributed by atoms with Gasteiger partial charge >= 0.3 is 5.88 Å². The lowest BCUT2D eigenvalue weighted by Crippen LogP contribution is -2.39. The third-order valence-electron chi connectivity index (χ3n) is 9.69. The summed E-state index contributed by atoms with van der Waals surface area (Å²) in [5.41, 5.74) is 8.24. The van der Waals surface area contributed by atoms with Crippen molar-refractivity contribution < 1.29 is 14.0 Å². The number of fused-ring (bicyclic) bond motifs is 13. The van der Waals surface area contributed by atoms with Crippen LogP contribution < -0.4 is 0 Å². The fraction of sp³-hybridized carbons (Fsp3) is 0.229. The van der Waals surface area contributed by atoms with E-state index in [9.17, 15) is 0 Å². The summed E-state index contributed by atoms with van der Waals surface area (Å²) >= 11 is 0. The van der Waals surface area contributed by atoms with Crippen molar-refractivity contribution in [3.8, 4) is 11.1 Å². The second kappa shape index (κ2) is 6.63. The van der Waals surface area contributed by atoms with E-state index in [4.69, 9.17) is 9.47 Å². The molecular weight excluding hydrogens is 480 g/mol. The maximum Gasteiger partial charge on any atom is 0.332 e. The predicted octanol–water partition coefficient (Wildman–Crippen LogP) is 7.63. The summed E-state index contributed by atoms with van der Waals surface area (Å²) in [6.45, 7) is 8.84. The van der Waals surface area contributed by atoms with Crippen molar-refractivity contribution in [2.24, 2.45) is 0 Å². The van der Waals surface area contributed by atoms with E-state index in [2.05, 4.69) is 114 Å². The van der Waals surface area contributed by atoms with Crippen LogP contribution in [0.2, 0.25) is 0 Å². The number of hydrogen-bond donors (Lipinski definition) is 0. The second-order valence-corrected chi connectivity index (χ2v) is 12.3. The van der Waals surface area contributed by atoms with Gasteiger partial charge in [-0.3, -0.25) is 0 Å². The first-order valence-corrected chi connectivity index (χ1v) is 13.8. The molecule has 4 heterocycles. The molecule has 2 atom stereocenters. The molecule has 0 spiro atoms. The van der Waals surface area contributed by atoms with Crippen LogP contribution in [-0.4, -0.2) is 26.3 Å². The molecule has 0 radical (unpaired) electrons. The van der Waals surface area contributed by atoms with Crippen LogP contribution >= 0.6 is 0 Å². The molecule has 2 unspecified atom stereocenters. The van der Waals surface area contributed by atoms with E-state index in [0.29, 0.717) is 0 Å². The lowest BCUT2D eigenvalue weighted by molar-refractivity contribution is -0.566. The fourth-order valence-electron chi connectivity index (χ4n) is 7.67. The summed E-state index contributed by atoms with van der Waals surface area (Å²) in [6.07, 6.45) is 1.02. The van der Waals surface area contributed by atoms with E-state index in [0.717, 1.165) is 35.0 Å². The smallest absolute Gasteiger partial charge is 0.332 e. The molecule has 3 aliphatic heterocycles. The third-order valence-corrected chi connectivity index (χ3v) is 9.69. The van der Waals surface area contributed by atoms with E-state index in [-0.39, 0.29) is 11.0 Å². The fourth-order valence-corrected chi connectivity index (χ4v) is 7.67. The van der Waals surface area contributed by atoms with Gasteiger partial charge in [-0.2, -0.15) is 9.14 Å². The van der Waals surface area contributed by atoms with Crippen molar-refractivity contribution >= 4 is 33.4 Å². The zero-order valence-corrected chi connectivity index (χ0v) is 22.6. The van der Waals surface area contributed by atoms with Crippen molar-refractivity contribution in [3.05, 3.63) is 114 Å². The Bertz CT molecular complexity index is 2010. The Balaban J connectivity index is 1.57. The number of para-hydroxylation sites is 2. The highest BCUT2D eigenvalue weighted by Gasteiger charge is 2.72. The molecule has 0 N–H and O–H groups in total. The van der Waals surface area contributed by atoms with E-state index in [1.54, 1.807) is 0 Å². The van der Waals surface area contributed by atoms with Gasteiger partial charge in [0.15, 0.2) is 0 Å². The summed E-state index contributed by atoms with van der Waals surface area (Å²) in [5, 5.41) is 2.57. The number of benzene rings is 4. The summed E-state index contributed by atoms with van der Waals surface area (Å²) in [7, 11) is 0. The van der Waals surface area contributed by atoms with Crippen LogP contribution in [0.4, 0.5) is 0 Å². The Morgan fingerprint density at radius 1 is 0.667 bits per heavy atom. The van der Waals surface area contributed by atoms with Gasteiger partial charge in [0, 0.05) is 47.6 Å². The number of hydrogen-bond acceptors (Lipinski definition) is 2. The molecule has 4 nitrogen and oxygen atoms in total. The van der Waals surface area contributed by atoms with E-state index in [1.807, 2.05) is 13.8 Å². The minimum atomic E-state index is -0.783. The molecular formula is C35H29N2O2+. The zero-order chi connectivity index (χ0) is 26.3. The maximum atomic E-state index is 6.82. The number of aromatic nitrogens is 1. The molecule has 9 rings (SSSR count). The minimum absolute atomic E-state index is 0.0672. The molecule has 1 aliphatic carbocycles. The second-order valence-electron chi connectivity index (χ2n) is 12.3. The van der Waals surface area contributed by atoms with Gasteiger partial charge in [0.05, 0.1) is 5.56 Å². The van der Waals surface area contributed by atoms with Crippen molar-refractivity contribution in [3.63, 3.8) is 0 Å². The monoisotopic (exact) mass is 509 g/mol. The molecule has 0 amide bonds. The van der Waals surface area contributed by atoms with Crippen LogP contribution in [0.25, 0.3) is 38.7 Å². The van der Waals surface area contributed by atoms with Gasteiger partial charge in [-0.05, 0) is 42.3 Å². The Kier molecular flexibility index (Phi) is 3.67. The van der Waals surface area contributed by atoms with Crippen LogP contribution in [-0.2, 0) is 14.9 Å². The molecule has 190 valence electrons. The van der Waals surface area contributed by atoms with Gasteiger partial charge in [0.1, 0.15) is 16.6 Å². The van der Waals surface area contributed by atoms with Crippen LogP contribution in [0.3, 0.4) is 0 Å². The van der Waals surface area contributed by atoms with Gasteiger partial charge in [-0.1, -0.05) is 73.7 Å². The Morgan fingerprint density at radius 2 is 1.31 bits per heavy atom. The van der Waals surface area contributed by atoms with E-state index < -0.39 is 5.79 Å². The first kappa shape index (κ1) is 21.6. The highest BCUT2D eigenvalue weighted by molar-refractivity contribution is 6.19. The predicted molar refractivity (Wildman–Crippen MR) is 155 cm³/mol. The molecule has 1 fully saturated rings. The van der Waals surface area contributed by atoms with Crippen LogP contribution in [0.5, 0.6) is 0 Å². The van der Waals surface area contributed by atoms with Gasteiger partial charge in [-0.15, -0.1) is 0 Å². The van der Waals surface area contributed by atoms with Crippen molar-refractivity contribution in [2.75, 3.05) is 0 Å². The Morgan fingerprint density at radius 3 is 2.10 bits per heavy atom. The lowest BCUT2D eigenvalue weighted by Gasteiger charge is -2.24. The first-order valence-electron chi connectivity index (χ1n) is 13.8. The third kappa shape index (κ3) is 2.44. The molecule has 4 aliphatic rings. The zero-order valence-electron chi connectivity index (χ0n) is 22.6. The number of ether oxygens (including phenoxy) is 2. The number of nitrogens with zero attached hydrogens (tertiary/aromatic N) is 2. The largest absolute Gasteiger partial charge is 0.444 e. The van der Waals surface area contributed by atoms with Crippen molar-refractivity contribution in [2.45, 2.75) is 50.9 Å². The van der Waals surface area contributed by atoms with Crippen LogP contribution in [0.15, 0.2) is 96.9 Å². The Labute approximate surface area is 227 Å². The minimum Gasteiger partial charge on any atom is -0.444 e. The topological polar surface area (TPSA) is 26.4 Å². The normalized spacial score (nSPS) is 25.4. The average molecular weight is 510 g/mol. The Hall–Kier alpha value is -4.31. The maximum absolute atomic E-state index is 6.82. The van der Waals surface area contributed by atoms with Gasteiger partial charge < -0.3 is 9.47 Å². The number of rotatable bonds is 0. The summed E-state index contributed by atoms with van der Waals surface area (Å²) in [5.74, 6) is 1.98. The molecule has 39 heavy (non-hydrogen) atoms. The summed E-state index contributed by atoms with van der Waals surface area (Å²) < 4.78 is 18.5. The molecule has 4 heteroatoms. The van der Waals surface area contributed by atoms with Gasteiger partial charge in [-0.25, -0.2) is 0 Å². The van der Waals surface area contributed by atoms with E-state index in [1.165, 1.54) is 38.5 Å². The molecule has 0 bridgehead atoms. The molecule has 5 aromatic rings. The first-order chi connectivity index (χ1) is 18.8. The molecule has 1 saturated carbocycles. The van der Waals surface area contributed by atoms with E-state index >= 15 is 0 Å². The molecule has 0 saturated heterocycles.